The van der Waals surface area contributed by atoms with Gasteiger partial charge in [-0.1, -0.05) is 0 Å². The summed E-state index contributed by atoms with van der Waals surface area (Å²) in [5.74, 6) is 0.417. The zero-order valence-corrected chi connectivity index (χ0v) is 19.6. The summed E-state index contributed by atoms with van der Waals surface area (Å²) in [6, 6.07) is 0.186. The van der Waals surface area contributed by atoms with Crippen molar-refractivity contribution in [3.05, 3.63) is 10.3 Å². The Kier molecular flexibility index (Phi) is 9.76. The van der Waals surface area contributed by atoms with Crippen LogP contribution in [0.1, 0.15) is 73.1 Å². The van der Waals surface area contributed by atoms with E-state index in [0.717, 1.165) is 0 Å². The molecule has 0 aromatic carbocycles. The molecule has 0 spiro atoms. The fraction of sp³-hybridized carbons (Fsp3) is 0.850. The predicted molar refractivity (Wildman–Crippen MR) is 106 cm³/mol. The quantitative estimate of drug-likeness (QED) is 0.328. The Bertz CT molecular complexity index is 387. The molecular formula is C20H39NO2Sn. The molecule has 140 valence electrons. The second-order valence-electron chi connectivity index (χ2n) is 7.80. The molecule has 1 saturated heterocycles. The topological polar surface area (TPSA) is 29.5 Å². The standard InChI is InChI=1S/C8H12NO2.3C4H9.Sn/c1-4-9-7(6(2)3)5-11-8(9)10;3*1-3-4-2;/h6-7H,1,5H2,2-3H3;3*1,3-4H2,2H3;. The predicted octanol–water partition coefficient (Wildman–Crippen LogP) is 6.37. The number of hydrogen-bond donors (Lipinski definition) is 0. The Labute approximate surface area is 154 Å². The van der Waals surface area contributed by atoms with Crippen LogP contribution < -0.4 is 0 Å². The average molecular weight is 444 g/mol. The number of cyclic esters (lactones) is 1. The van der Waals surface area contributed by atoms with E-state index in [4.69, 9.17) is 4.74 Å². The molecule has 1 unspecified atom stereocenters. The van der Waals surface area contributed by atoms with Crippen molar-refractivity contribution in [2.75, 3.05) is 6.61 Å². The molecule has 1 aliphatic rings. The summed E-state index contributed by atoms with van der Waals surface area (Å²) in [5.41, 5.74) is 0. The Hall–Kier alpha value is -0.191. The van der Waals surface area contributed by atoms with E-state index in [1.807, 2.05) is 4.90 Å². The van der Waals surface area contributed by atoms with Gasteiger partial charge in [0, 0.05) is 0 Å². The first kappa shape index (κ1) is 21.9. The Morgan fingerprint density at radius 2 is 1.58 bits per heavy atom. The second-order valence-corrected chi connectivity index (χ2v) is 21.0. The van der Waals surface area contributed by atoms with E-state index in [-0.39, 0.29) is 12.1 Å². The van der Waals surface area contributed by atoms with Gasteiger partial charge in [0.25, 0.3) is 0 Å². The summed E-state index contributed by atoms with van der Waals surface area (Å²) in [4.78, 5) is 14.5. The third kappa shape index (κ3) is 5.40. The summed E-state index contributed by atoms with van der Waals surface area (Å²) in [6.45, 7) is 16.3. The number of unbranched alkanes of at least 4 members (excludes halogenated alkanes) is 3. The van der Waals surface area contributed by atoms with Crippen molar-refractivity contribution in [1.82, 2.24) is 4.90 Å². The molecule has 1 fully saturated rings. The van der Waals surface area contributed by atoms with Crippen LogP contribution in [-0.2, 0) is 4.74 Å². The van der Waals surface area contributed by atoms with Crippen molar-refractivity contribution in [2.24, 2.45) is 5.92 Å². The van der Waals surface area contributed by atoms with Crippen molar-refractivity contribution >= 4 is 24.5 Å². The summed E-state index contributed by atoms with van der Waals surface area (Å²) >= 11 is -2.64. The van der Waals surface area contributed by atoms with Crippen LogP contribution in [0.15, 0.2) is 10.3 Å². The number of ether oxygens (including phenoxy) is 1. The van der Waals surface area contributed by atoms with Crippen molar-refractivity contribution in [3.63, 3.8) is 0 Å². The fourth-order valence-electron chi connectivity index (χ4n) is 3.85. The van der Waals surface area contributed by atoms with Gasteiger partial charge in [-0.05, 0) is 0 Å². The van der Waals surface area contributed by atoms with E-state index < -0.39 is 18.4 Å². The van der Waals surface area contributed by atoms with Gasteiger partial charge in [0.1, 0.15) is 0 Å². The van der Waals surface area contributed by atoms with Crippen LogP contribution in [0.5, 0.6) is 0 Å². The number of nitrogens with zero attached hydrogens (tertiary/aromatic N) is 1. The first-order valence-electron chi connectivity index (χ1n) is 10.1. The van der Waals surface area contributed by atoms with E-state index in [9.17, 15) is 4.79 Å². The first-order chi connectivity index (χ1) is 11.4. The Morgan fingerprint density at radius 3 is 1.96 bits per heavy atom. The molecule has 0 bridgehead atoms. The average Bonchev–Trinajstić information content (AvgIpc) is 2.95. The molecule has 0 N–H and O–H groups in total. The molecule has 0 radical (unpaired) electrons. The molecule has 4 heteroatoms. The van der Waals surface area contributed by atoms with E-state index in [2.05, 4.69) is 41.2 Å². The molecule has 1 aliphatic heterocycles. The third-order valence-corrected chi connectivity index (χ3v) is 21.0. The minimum atomic E-state index is -2.64. The maximum absolute atomic E-state index is 12.5. The first-order valence-corrected chi connectivity index (χ1v) is 17.6. The van der Waals surface area contributed by atoms with Crippen LogP contribution in [0.25, 0.3) is 0 Å². The summed E-state index contributed by atoms with van der Waals surface area (Å²) in [6.07, 6.45) is 7.45. The monoisotopic (exact) mass is 445 g/mol. The summed E-state index contributed by atoms with van der Waals surface area (Å²) in [7, 11) is 0. The molecule has 3 nitrogen and oxygen atoms in total. The van der Waals surface area contributed by atoms with Gasteiger partial charge >= 0.3 is 154 Å². The molecule has 0 saturated carbocycles. The van der Waals surface area contributed by atoms with Crippen LogP contribution in [0, 0.1) is 5.92 Å². The minimum absolute atomic E-state index is 0.135. The number of amides is 1. The Morgan fingerprint density at radius 1 is 1.12 bits per heavy atom. The van der Waals surface area contributed by atoms with Gasteiger partial charge in [-0.25, -0.2) is 0 Å². The molecule has 1 heterocycles. The van der Waals surface area contributed by atoms with Gasteiger partial charge in [-0.2, -0.15) is 0 Å². The number of rotatable bonds is 12. The van der Waals surface area contributed by atoms with Crippen molar-refractivity contribution in [2.45, 2.75) is 92.5 Å². The molecule has 1 amide bonds. The zero-order chi connectivity index (χ0) is 18.2. The number of hydrogen-bond acceptors (Lipinski definition) is 2. The van der Waals surface area contributed by atoms with E-state index in [1.54, 1.807) is 0 Å². The van der Waals surface area contributed by atoms with Crippen molar-refractivity contribution < 1.29 is 9.53 Å². The van der Waals surface area contributed by atoms with Crippen LogP contribution >= 0.6 is 0 Å². The van der Waals surface area contributed by atoms with Gasteiger partial charge in [-0.15, -0.1) is 0 Å². The van der Waals surface area contributed by atoms with Crippen LogP contribution in [-0.4, -0.2) is 42.0 Å². The summed E-state index contributed by atoms with van der Waals surface area (Å²) in [5, 5.41) is 0. The number of carbonyl (C=O) groups excluding carboxylic acids is 1. The van der Waals surface area contributed by atoms with Gasteiger partial charge < -0.3 is 0 Å². The van der Waals surface area contributed by atoms with E-state index in [1.165, 1.54) is 55.5 Å². The maximum atomic E-state index is 12.5. The van der Waals surface area contributed by atoms with Gasteiger partial charge in [-0.3, -0.25) is 0 Å². The molecule has 1 atom stereocenters. The second kappa shape index (κ2) is 10.7. The summed E-state index contributed by atoms with van der Waals surface area (Å²) < 4.78 is 10.7. The van der Waals surface area contributed by atoms with E-state index in [0.29, 0.717) is 12.5 Å². The van der Waals surface area contributed by atoms with Crippen LogP contribution in [0.4, 0.5) is 4.79 Å². The van der Waals surface area contributed by atoms with Crippen LogP contribution in [0.3, 0.4) is 0 Å². The fourth-order valence-corrected chi connectivity index (χ4v) is 19.5. The normalized spacial score (nSPS) is 18.3. The zero-order valence-electron chi connectivity index (χ0n) is 16.7. The van der Waals surface area contributed by atoms with Gasteiger partial charge in [0.15, 0.2) is 0 Å². The molecule has 0 aromatic rings. The molecule has 0 aliphatic carbocycles. The van der Waals surface area contributed by atoms with Gasteiger partial charge in [0.05, 0.1) is 0 Å². The van der Waals surface area contributed by atoms with Crippen molar-refractivity contribution in [3.8, 4) is 0 Å². The number of carbonyl (C=O) groups is 1. The molecule has 24 heavy (non-hydrogen) atoms. The van der Waals surface area contributed by atoms with Crippen LogP contribution in [0.2, 0.25) is 13.3 Å². The Balaban J connectivity index is 3.12. The SMILES string of the molecule is C=[C](N1C(=O)OCC1C(C)C)[Sn]([CH2]CCC)([CH2]CCC)[CH2]CCC. The van der Waals surface area contributed by atoms with Gasteiger partial charge in [0.2, 0.25) is 0 Å². The molecular weight excluding hydrogens is 405 g/mol. The van der Waals surface area contributed by atoms with Crippen molar-refractivity contribution in [1.29, 1.82) is 0 Å². The third-order valence-electron chi connectivity index (χ3n) is 5.61. The molecule has 0 aromatic heterocycles. The van der Waals surface area contributed by atoms with E-state index >= 15 is 0 Å². The molecule has 1 rings (SSSR count).